The summed E-state index contributed by atoms with van der Waals surface area (Å²) in [4.78, 5) is 12.5. The third-order valence-corrected chi connectivity index (χ3v) is 3.71. The Labute approximate surface area is 118 Å². The first-order valence-electron chi connectivity index (χ1n) is 5.76. The Hall–Kier alpha value is -2.60. The summed E-state index contributed by atoms with van der Waals surface area (Å²) < 4.78 is 10.5. The van der Waals surface area contributed by atoms with E-state index in [0.29, 0.717) is 16.2 Å². The van der Waals surface area contributed by atoms with Gasteiger partial charge in [0.1, 0.15) is 17.2 Å². The van der Waals surface area contributed by atoms with E-state index in [1.807, 2.05) is 0 Å². The first-order chi connectivity index (χ1) is 9.65. The van der Waals surface area contributed by atoms with Crippen LogP contribution in [0.3, 0.4) is 0 Å². The van der Waals surface area contributed by atoms with Crippen molar-refractivity contribution in [1.82, 2.24) is 0 Å². The van der Waals surface area contributed by atoms with Gasteiger partial charge < -0.3 is 14.9 Å². The van der Waals surface area contributed by atoms with Crippen molar-refractivity contribution in [2.75, 3.05) is 0 Å². The van der Waals surface area contributed by atoms with Crippen molar-refractivity contribution in [1.29, 1.82) is 5.41 Å². The highest BCUT2D eigenvalue weighted by Gasteiger charge is 2.17. The topological polar surface area (TPSA) is 89.3 Å². The average Bonchev–Trinajstić information content (AvgIpc) is 3.06. The second kappa shape index (κ2) is 4.82. The maximum absolute atomic E-state index is 12.1. The molecule has 3 rings (SSSR count). The number of nitrogens with one attached hydrogen (secondary N) is 1. The molecular formula is C14H10N2O3S. The van der Waals surface area contributed by atoms with E-state index in [-0.39, 0.29) is 5.84 Å². The fourth-order valence-electron chi connectivity index (χ4n) is 1.85. The van der Waals surface area contributed by atoms with Gasteiger partial charge in [-0.1, -0.05) is 0 Å². The normalized spacial score (nSPS) is 10.6. The molecule has 5 nitrogen and oxygen atoms in total. The molecule has 0 spiro atoms. The minimum absolute atomic E-state index is 0.141. The number of esters is 1. The van der Waals surface area contributed by atoms with Gasteiger partial charge in [-0.2, -0.15) is 0 Å². The molecule has 2 heterocycles. The molecule has 0 aliphatic heterocycles. The van der Waals surface area contributed by atoms with Gasteiger partial charge >= 0.3 is 5.97 Å². The van der Waals surface area contributed by atoms with Crippen molar-refractivity contribution >= 4 is 34.1 Å². The summed E-state index contributed by atoms with van der Waals surface area (Å²) in [6, 6.07) is 8.50. The van der Waals surface area contributed by atoms with E-state index >= 15 is 0 Å². The van der Waals surface area contributed by atoms with Gasteiger partial charge in [-0.05, 0) is 35.7 Å². The van der Waals surface area contributed by atoms with Crippen LogP contribution in [-0.4, -0.2) is 11.8 Å². The number of furan rings is 1. The van der Waals surface area contributed by atoms with Crippen molar-refractivity contribution in [3.8, 4) is 5.75 Å². The fourth-order valence-corrected chi connectivity index (χ4v) is 2.59. The van der Waals surface area contributed by atoms with Crippen LogP contribution in [0.2, 0.25) is 0 Å². The van der Waals surface area contributed by atoms with Crippen LogP contribution in [0.15, 0.2) is 46.4 Å². The highest BCUT2D eigenvalue weighted by atomic mass is 32.1. The summed E-state index contributed by atoms with van der Waals surface area (Å²) in [7, 11) is 0. The molecule has 2 aromatic heterocycles. The third-order valence-electron chi connectivity index (χ3n) is 2.76. The number of amidine groups is 1. The number of benzene rings is 1. The number of carbonyl (C=O) groups is 1. The molecule has 0 amide bonds. The Bertz CT molecular complexity index is 803. The number of nitrogens with two attached hydrogens (primary N) is 1. The zero-order valence-electron chi connectivity index (χ0n) is 10.3. The Balaban J connectivity index is 1.88. The number of thiophene rings is 1. The minimum atomic E-state index is -0.528. The van der Waals surface area contributed by atoms with E-state index in [2.05, 4.69) is 0 Å². The number of fused-ring (bicyclic) bond motifs is 1. The number of hydrogen-bond acceptors (Lipinski definition) is 5. The van der Waals surface area contributed by atoms with Gasteiger partial charge in [0.05, 0.1) is 16.7 Å². The highest BCUT2D eigenvalue weighted by molar-refractivity contribution is 7.12. The number of rotatable bonds is 3. The molecular weight excluding hydrogens is 276 g/mol. The SMILES string of the molecule is N=C(N)c1sccc1C(=O)Oc1ccc2occc2c1. The molecule has 20 heavy (non-hydrogen) atoms. The smallest absolute Gasteiger partial charge is 0.345 e. The Morgan fingerprint density at radius 1 is 1.30 bits per heavy atom. The van der Waals surface area contributed by atoms with Gasteiger partial charge in [-0.25, -0.2) is 4.79 Å². The number of ether oxygens (including phenoxy) is 1. The van der Waals surface area contributed by atoms with Crippen LogP contribution in [-0.2, 0) is 0 Å². The molecule has 0 aliphatic rings. The molecule has 1 aromatic carbocycles. The molecule has 100 valence electrons. The summed E-state index contributed by atoms with van der Waals surface area (Å²) in [6.45, 7) is 0. The van der Waals surface area contributed by atoms with E-state index in [4.69, 9.17) is 20.3 Å². The second-order valence-corrected chi connectivity index (χ2v) is 5.00. The van der Waals surface area contributed by atoms with Crippen LogP contribution in [0, 0.1) is 5.41 Å². The van der Waals surface area contributed by atoms with E-state index in [0.717, 1.165) is 11.0 Å². The predicted octanol–water partition coefficient (Wildman–Crippen LogP) is 3.00. The van der Waals surface area contributed by atoms with Gasteiger partial charge in [0.25, 0.3) is 0 Å². The van der Waals surface area contributed by atoms with Crippen LogP contribution < -0.4 is 10.5 Å². The molecule has 0 saturated carbocycles. The van der Waals surface area contributed by atoms with Crippen molar-refractivity contribution in [2.24, 2.45) is 5.73 Å². The highest BCUT2D eigenvalue weighted by Crippen LogP contribution is 2.23. The largest absolute Gasteiger partial charge is 0.464 e. The van der Waals surface area contributed by atoms with Crippen molar-refractivity contribution in [2.45, 2.75) is 0 Å². The molecule has 0 unspecified atom stereocenters. The monoisotopic (exact) mass is 286 g/mol. The Kier molecular flexibility index (Phi) is 3.00. The molecule has 0 atom stereocenters. The summed E-state index contributed by atoms with van der Waals surface area (Å²) in [5.41, 5.74) is 6.45. The predicted molar refractivity (Wildman–Crippen MR) is 76.5 cm³/mol. The maximum Gasteiger partial charge on any atom is 0.345 e. The van der Waals surface area contributed by atoms with Crippen LogP contribution >= 0.6 is 11.3 Å². The molecule has 0 aliphatic carbocycles. The molecule has 0 fully saturated rings. The van der Waals surface area contributed by atoms with Gasteiger partial charge in [0.15, 0.2) is 0 Å². The lowest BCUT2D eigenvalue weighted by molar-refractivity contribution is 0.0735. The number of nitrogen functional groups attached to an aromatic ring is 1. The summed E-state index contributed by atoms with van der Waals surface area (Å²) >= 11 is 1.24. The maximum atomic E-state index is 12.1. The lowest BCUT2D eigenvalue weighted by atomic mass is 10.2. The molecule has 3 N–H and O–H groups in total. The molecule has 0 saturated heterocycles. The fraction of sp³-hybridized carbons (Fsp3) is 0. The number of carbonyl (C=O) groups excluding carboxylic acids is 1. The van der Waals surface area contributed by atoms with E-state index < -0.39 is 5.97 Å². The second-order valence-electron chi connectivity index (χ2n) is 4.09. The summed E-state index contributed by atoms with van der Waals surface area (Å²) in [5.74, 6) is -0.249. The zero-order valence-corrected chi connectivity index (χ0v) is 11.1. The average molecular weight is 286 g/mol. The van der Waals surface area contributed by atoms with Gasteiger partial charge in [-0.15, -0.1) is 11.3 Å². The summed E-state index contributed by atoms with van der Waals surface area (Å²) in [6.07, 6.45) is 1.57. The van der Waals surface area contributed by atoms with Crippen molar-refractivity contribution in [3.63, 3.8) is 0 Å². The summed E-state index contributed by atoms with van der Waals surface area (Å²) in [5, 5.41) is 9.98. The quantitative estimate of drug-likeness (QED) is 0.335. The van der Waals surface area contributed by atoms with Crippen LogP contribution in [0.4, 0.5) is 0 Å². The van der Waals surface area contributed by atoms with Crippen molar-refractivity contribution in [3.05, 3.63) is 52.4 Å². The Morgan fingerprint density at radius 3 is 2.95 bits per heavy atom. The van der Waals surface area contributed by atoms with Crippen LogP contribution in [0.25, 0.3) is 11.0 Å². The molecule has 0 bridgehead atoms. The zero-order chi connectivity index (χ0) is 14.1. The lowest BCUT2D eigenvalue weighted by Gasteiger charge is -2.04. The first-order valence-corrected chi connectivity index (χ1v) is 6.64. The minimum Gasteiger partial charge on any atom is -0.464 e. The molecule has 6 heteroatoms. The van der Waals surface area contributed by atoms with E-state index in [1.165, 1.54) is 11.3 Å². The van der Waals surface area contributed by atoms with Gasteiger partial charge in [-0.3, -0.25) is 5.41 Å². The van der Waals surface area contributed by atoms with E-state index in [9.17, 15) is 4.79 Å². The first kappa shape index (κ1) is 12.4. The van der Waals surface area contributed by atoms with Gasteiger partial charge in [0, 0.05) is 5.39 Å². The van der Waals surface area contributed by atoms with E-state index in [1.54, 1.807) is 42.0 Å². The van der Waals surface area contributed by atoms with Gasteiger partial charge in [0.2, 0.25) is 0 Å². The van der Waals surface area contributed by atoms with Crippen LogP contribution in [0.1, 0.15) is 15.2 Å². The standard InChI is InChI=1S/C14H10N2O3S/c15-13(16)12-10(4-6-20-12)14(17)19-9-1-2-11-8(7-9)3-5-18-11/h1-7H,(H3,15,16). The third kappa shape index (κ3) is 2.17. The number of hydrogen-bond donors (Lipinski definition) is 2. The van der Waals surface area contributed by atoms with Crippen molar-refractivity contribution < 1.29 is 13.9 Å². The lowest BCUT2D eigenvalue weighted by Crippen LogP contribution is -2.16. The Morgan fingerprint density at radius 2 is 2.15 bits per heavy atom. The molecule has 0 radical (unpaired) electrons. The van der Waals surface area contributed by atoms with Crippen LogP contribution in [0.5, 0.6) is 5.75 Å². The molecule has 3 aromatic rings.